The maximum absolute atomic E-state index is 12.2. The van der Waals surface area contributed by atoms with E-state index >= 15 is 0 Å². The Hall–Kier alpha value is -3.14. The standard InChI is InChI=1S/C17H24N4O6/c1-9(19-14(23)8-18)15(24)20-10(2)16(25)21-13(17(26)27)7-11-3-5-12(22)6-4-11/h3-6,9-10,13,22H,7-8,18H2,1-2H3,(H,19,23)(H,20,24)(H,21,25)(H,26,27)/t9-,10-,13-/m0/s1. The second-order valence-electron chi connectivity index (χ2n) is 5.99. The first-order valence-corrected chi connectivity index (χ1v) is 8.25. The summed E-state index contributed by atoms with van der Waals surface area (Å²) in [7, 11) is 0. The quantitative estimate of drug-likeness (QED) is 0.302. The number of aromatic hydroxyl groups is 1. The Morgan fingerprint density at radius 2 is 1.48 bits per heavy atom. The number of carboxylic acids is 1. The molecule has 3 atom stereocenters. The van der Waals surface area contributed by atoms with Crippen molar-refractivity contribution in [2.45, 2.75) is 38.4 Å². The third kappa shape index (κ3) is 7.32. The second kappa shape index (κ2) is 10.1. The van der Waals surface area contributed by atoms with Gasteiger partial charge in [-0.05, 0) is 31.5 Å². The molecular weight excluding hydrogens is 356 g/mol. The average Bonchev–Trinajstić information content (AvgIpc) is 2.62. The van der Waals surface area contributed by atoms with Crippen molar-refractivity contribution in [3.05, 3.63) is 29.8 Å². The molecule has 1 aromatic carbocycles. The molecule has 7 N–H and O–H groups in total. The SMILES string of the molecule is C[C@H](NC(=O)CN)C(=O)N[C@@H](C)C(=O)N[C@@H](Cc1ccc(O)cc1)C(=O)O. The molecule has 10 nitrogen and oxygen atoms in total. The number of carbonyl (C=O) groups is 4. The number of carbonyl (C=O) groups excluding carboxylic acids is 3. The molecule has 0 aliphatic heterocycles. The van der Waals surface area contributed by atoms with Gasteiger partial charge in [-0.15, -0.1) is 0 Å². The highest BCUT2D eigenvalue weighted by Gasteiger charge is 2.25. The number of nitrogens with one attached hydrogen (secondary N) is 3. The van der Waals surface area contributed by atoms with Gasteiger partial charge in [-0.2, -0.15) is 0 Å². The summed E-state index contributed by atoms with van der Waals surface area (Å²) in [6.07, 6.45) is 0.00494. The van der Waals surface area contributed by atoms with Crippen LogP contribution >= 0.6 is 0 Å². The van der Waals surface area contributed by atoms with E-state index in [9.17, 15) is 29.4 Å². The summed E-state index contributed by atoms with van der Waals surface area (Å²) in [5.41, 5.74) is 5.75. The normalized spacial score (nSPS) is 13.7. The monoisotopic (exact) mass is 380 g/mol. The zero-order valence-electron chi connectivity index (χ0n) is 15.1. The van der Waals surface area contributed by atoms with Gasteiger partial charge in [-0.3, -0.25) is 14.4 Å². The Labute approximate surface area is 156 Å². The van der Waals surface area contributed by atoms with Gasteiger partial charge in [-0.25, -0.2) is 4.79 Å². The molecule has 0 aliphatic rings. The highest BCUT2D eigenvalue weighted by Crippen LogP contribution is 2.11. The molecule has 0 saturated carbocycles. The van der Waals surface area contributed by atoms with Crippen LogP contribution in [0.1, 0.15) is 19.4 Å². The van der Waals surface area contributed by atoms with E-state index < -0.39 is 41.8 Å². The number of hydrogen-bond acceptors (Lipinski definition) is 6. The summed E-state index contributed by atoms with van der Waals surface area (Å²) in [4.78, 5) is 46.8. The van der Waals surface area contributed by atoms with Crippen LogP contribution in [0, 0.1) is 0 Å². The minimum Gasteiger partial charge on any atom is -0.508 e. The molecule has 148 valence electrons. The van der Waals surface area contributed by atoms with Crippen molar-refractivity contribution < 1.29 is 29.4 Å². The van der Waals surface area contributed by atoms with E-state index in [0.29, 0.717) is 5.56 Å². The Bertz CT molecular complexity index is 691. The summed E-state index contributed by atoms with van der Waals surface area (Å²) in [6.45, 7) is 2.55. The predicted molar refractivity (Wildman–Crippen MR) is 95.6 cm³/mol. The van der Waals surface area contributed by atoms with Gasteiger partial charge in [0, 0.05) is 6.42 Å². The predicted octanol–water partition coefficient (Wildman–Crippen LogP) is -1.53. The molecule has 0 bridgehead atoms. The van der Waals surface area contributed by atoms with E-state index in [4.69, 9.17) is 5.73 Å². The zero-order chi connectivity index (χ0) is 20.6. The third-order valence-corrected chi connectivity index (χ3v) is 3.70. The topological polar surface area (TPSA) is 171 Å². The van der Waals surface area contributed by atoms with Crippen LogP contribution in [-0.4, -0.2) is 58.6 Å². The number of amides is 3. The maximum Gasteiger partial charge on any atom is 0.326 e. The summed E-state index contributed by atoms with van der Waals surface area (Å²) in [5, 5.41) is 25.7. The van der Waals surface area contributed by atoms with E-state index in [1.165, 1.54) is 26.0 Å². The summed E-state index contributed by atoms with van der Waals surface area (Å²) < 4.78 is 0. The van der Waals surface area contributed by atoms with Crippen molar-refractivity contribution in [1.82, 2.24) is 16.0 Å². The van der Waals surface area contributed by atoms with E-state index in [-0.39, 0.29) is 18.7 Å². The van der Waals surface area contributed by atoms with E-state index in [1.807, 2.05) is 0 Å². The van der Waals surface area contributed by atoms with Crippen molar-refractivity contribution in [2.75, 3.05) is 6.54 Å². The van der Waals surface area contributed by atoms with E-state index in [1.54, 1.807) is 12.1 Å². The van der Waals surface area contributed by atoms with Gasteiger partial charge in [0.1, 0.15) is 23.9 Å². The van der Waals surface area contributed by atoms with Crippen LogP contribution in [0.25, 0.3) is 0 Å². The van der Waals surface area contributed by atoms with Gasteiger partial charge in [0.25, 0.3) is 0 Å². The zero-order valence-corrected chi connectivity index (χ0v) is 15.1. The molecule has 1 aromatic rings. The average molecular weight is 380 g/mol. The van der Waals surface area contributed by atoms with Gasteiger partial charge >= 0.3 is 5.97 Å². The van der Waals surface area contributed by atoms with Gasteiger partial charge in [0.05, 0.1) is 6.54 Å². The molecule has 27 heavy (non-hydrogen) atoms. The number of nitrogens with two attached hydrogens (primary N) is 1. The number of phenols is 1. The Balaban J connectivity index is 2.64. The summed E-state index contributed by atoms with van der Waals surface area (Å²) in [5.74, 6) is -3.01. The van der Waals surface area contributed by atoms with Crippen molar-refractivity contribution in [1.29, 1.82) is 0 Å². The van der Waals surface area contributed by atoms with Gasteiger partial charge in [0.2, 0.25) is 17.7 Å². The fraction of sp³-hybridized carbons (Fsp3) is 0.412. The van der Waals surface area contributed by atoms with Crippen molar-refractivity contribution in [3.63, 3.8) is 0 Å². The molecule has 3 amide bonds. The first-order valence-electron chi connectivity index (χ1n) is 8.25. The molecule has 0 heterocycles. The molecule has 10 heteroatoms. The van der Waals surface area contributed by atoms with Crippen LogP contribution in [0.15, 0.2) is 24.3 Å². The molecule has 0 fully saturated rings. The maximum atomic E-state index is 12.2. The number of carboxylic acid groups (broad SMARTS) is 1. The lowest BCUT2D eigenvalue weighted by molar-refractivity contribution is -0.142. The fourth-order valence-corrected chi connectivity index (χ4v) is 2.13. The largest absolute Gasteiger partial charge is 0.508 e. The highest BCUT2D eigenvalue weighted by atomic mass is 16.4. The van der Waals surface area contributed by atoms with Gasteiger partial charge in [0.15, 0.2) is 0 Å². The lowest BCUT2D eigenvalue weighted by Gasteiger charge is -2.20. The number of hydrogen-bond donors (Lipinski definition) is 6. The van der Waals surface area contributed by atoms with Crippen LogP contribution in [0.4, 0.5) is 0 Å². The minimum atomic E-state index is -1.24. The first-order chi connectivity index (χ1) is 12.6. The molecule has 0 saturated heterocycles. The minimum absolute atomic E-state index is 0.00494. The van der Waals surface area contributed by atoms with Gasteiger partial charge < -0.3 is 31.9 Å². The van der Waals surface area contributed by atoms with Crippen LogP contribution in [0.3, 0.4) is 0 Å². The van der Waals surface area contributed by atoms with Crippen LogP contribution in [0.2, 0.25) is 0 Å². The number of phenolic OH excluding ortho intramolecular Hbond substituents is 1. The smallest absolute Gasteiger partial charge is 0.326 e. The van der Waals surface area contributed by atoms with Crippen molar-refractivity contribution in [2.24, 2.45) is 5.73 Å². The van der Waals surface area contributed by atoms with Crippen LogP contribution in [-0.2, 0) is 25.6 Å². The summed E-state index contributed by atoms with van der Waals surface area (Å²) in [6, 6.07) is 2.79. The molecule has 0 spiro atoms. The third-order valence-electron chi connectivity index (χ3n) is 3.70. The molecule has 0 aromatic heterocycles. The van der Waals surface area contributed by atoms with Crippen molar-refractivity contribution in [3.8, 4) is 5.75 Å². The van der Waals surface area contributed by atoms with Crippen LogP contribution < -0.4 is 21.7 Å². The Kier molecular flexibility index (Phi) is 8.21. The Morgan fingerprint density at radius 1 is 0.963 bits per heavy atom. The summed E-state index contributed by atoms with van der Waals surface area (Å²) >= 11 is 0. The van der Waals surface area contributed by atoms with Gasteiger partial charge in [-0.1, -0.05) is 12.1 Å². The highest BCUT2D eigenvalue weighted by molar-refractivity contribution is 5.93. The first kappa shape index (κ1) is 21.9. The molecule has 0 unspecified atom stereocenters. The molecule has 0 aliphatic carbocycles. The molecule has 1 rings (SSSR count). The van der Waals surface area contributed by atoms with E-state index in [0.717, 1.165) is 0 Å². The van der Waals surface area contributed by atoms with Crippen LogP contribution in [0.5, 0.6) is 5.75 Å². The second-order valence-corrected chi connectivity index (χ2v) is 5.99. The fourth-order valence-electron chi connectivity index (χ4n) is 2.13. The number of benzene rings is 1. The van der Waals surface area contributed by atoms with E-state index in [2.05, 4.69) is 16.0 Å². The molecule has 0 radical (unpaired) electrons. The number of rotatable bonds is 9. The number of aliphatic carboxylic acids is 1. The lowest BCUT2D eigenvalue weighted by atomic mass is 10.1. The lowest BCUT2D eigenvalue weighted by Crippen LogP contribution is -2.54. The Morgan fingerprint density at radius 3 is 2.00 bits per heavy atom. The molecular formula is C17H24N4O6. The van der Waals surface area contributed by atoms with Crippen molar-refractivity contribution >= 4 is 23.7 Å².